The van der Waals surface area contributed by atoms with Gasteiger partial charge in [0.2, 0.25) is 11.5 Å². The van der Waals surface area contributed by atoms with Crippen molar-refractivity contribution in [2.24, 2.45) is 13.0 Å². The molecule has 2 aliphatic rings. The van der Waals surface area contributed by atoms with Crippen LogP contribution in [0.25, 0.3) is 0 Å². The van der Waals surface area contributed by atoms with Gasteiger partial charge in [-0.2, -0.15) is 5.10 Å². The highest BCUT2D eigenvalue weighted by molar-refractivity contribution is 9.10. The van der Waals surface area contributed by atoms with Gasteiger partial charge in [-0.1, -0.05) is 58.4 Å². The maximum absolute atomic E-state index is 13.5. The van der Waals surface area contributed by atoms with Crippen LogP contribution in [-0.4, -0.2) is 51.0 Å². The number of aliphatic hydroxyl groups is 1. The van der Waals surface area contributed by atoms with Gasteiger partial charge < -0.3 is 19.8 Å². The third-order valence-electron chi connectivity index (χ3n) is 6.76. The van der Waals surface area contributed by atoms with Crippen LogP contribution in [-0.2, 0) is 23.0 Å². The fraction of sp³-hybridized carbons (Fsp3) is 0.333. The zero-order valence-electron chi connectivity index (χ0n) is 18.0. The number of aryl methyl sites for hydroxylation is 1. The Balaban J connectivity index is 1.85. The minimum absolute atomic E-state index is 0.245. The van der Waals surface area contributed by atoms with Gasteiger partial charge in [0.1, 0.15) is 0 Å². The van der Waals surface area contributed by atoms with Crippen molar-refractivity contribution in [3.63, 3.8) is 0 Å². The summed E-state index contributed by atoms with van der Waals surface area (Å²) < 4.78 is 9.12. The maximum Gasteiger partial charge on any atom is 0.284 e. The number of halogens is 1. The second-order valence-electron chi connectivity index (χ2n) is 8.76. The lowest BCUT2D eigenvalue weighted by Crippen LogP contribution is -2.52. The second-order valence-corrected chi connectivity index (χ2v) is 9.68. The first-order valence-corrected chi connectivity index (χ1v) is 11.2. The molecule has 1 saturated carbocycles. The summed E-state index contributed by atoms with van der Waals surface area (Å²) in [5.74, 6) is -1.28. The standard InChI is InChI=1S/C24H24BrN3O4/c1-27(2)22(30)18-19(14-7-5-4-6-8-14)24(15-9-11-16(25)12-10-15)23(31,21(18)29)20-17(32-24)13-28(3)26-20/h4-13,18-19,21,29,31H,1-3H3/p+1/t18-,19-,21-,23+,24+/m1/s1. The van der Waals surface area contributed by atoms with Crippen molar-refractivity contribution in [1.29, 1.82) is 0 Å². The Morgan fingerprint density at radius 2 is 1.84 bits per heavy atom. The molecule has 5 rings (SSSR count). The molecule has 0 bridgehead atoms. The third-order valence-corrected chi connectivity index (χ3v) is 7.29. The predicted octanol–water partition coefficient (Wildman–Crippen LogP) is 2.25. The molecule has 3 aromatic rings. The van der Waals surface area contributed by atoms with E-state index in [-0.39, 0.29) is 5.91 Å². The van der Waals surface area contributed by atoms with Crippen LogP contribution in [0.4, 0.5) is 0 Å². The first kappa shape index (κ1) is 21.2. The van der Waals surface area contributed by atoms with Crippen LogP contribution in [0.5, 0.6) is 5.75 Å². The van der Waals surface area contributed by atoms with Crippen molar-refractivity contribution in [3.05, 3.63) is 82.1 Å². The van der Waals surface area contributed by atoms with Crippen molar-refractivity contribution in [3.8, 4) is 5.75 Å². The molecule has 166 valence electrons. The number of carbonyl (C=O) groups excluding carboxylic acids is 1. The number of nitrogens with zero attached hydrogens (tertiary/aromatic N) is 3. The lowest BCUT2D eigenvalue weighted by Gasteiger charge is -2.37. The van der Waals surface area contributed by atoms with Crippen molar-refractivity contribution in [1.82, 2.24) is 14.7 Å². The summed E-state index contributed by atoms with van der Waals surface area (Å²) in [4.78, 5) is 14.9. The molecule has 0 unspecified atom stereocenters. The number of benzene rings is 2. The van der Waals surface area contributed by atoms with Crippen LogP contribution in [0.3, 0.4) is 0 Å². The summed E-state index contributed by atoms with van der Waals surface area (Å²) in [6, 6.07) is 17.1. The highest BCUT2D eigenvalue weighted by Gasteiger charge is 2.82. The highest BCUT2D eigenvalue weighted by atomic mass is 79.9. The maximum atomic E-state index is 13.5. The smallest absolute Gasteiger partial charge is 0.284 e. The topological polar surface area (TPSA) is 90.5 Å². The molecule has 0 saturated heterocycles. The summed E-state index contributed by atoms with van der Waals surface area (Å²) in [7, 11) is 5.09. The number of amides is 1. The summed E-state index contributed by atoms with van der Waals surface area (Å²) in [6.45, 7) is 0. The quantitative estimate of drug-likeness (QED) is 0.560. The van der Waals surface area contributed by atoms with Crippen LogP contribution < -0.4 is 4.74 Å². The Hall–Kier alpha value is -2.68. The zero-order chi connectivity index (χ0) is 22.8. The average molecular weight is 499 g/mol. The fourth-order valence-electron chi connectivity index (χ4n) is 5.46. The first-order chi connectivity index (χ1) is 15.2. The van der Waals surface area contributed by atoms with E-state index in [0.29, 0.717) is 11.4 Å². The molecule has 2 aromatic carbocycles. The van der Waals surface area contributed by atoms with Gasteiger partial charge in [-0.25, -0.2) is 0 Å². The van der Waals surface area contributed by atoms with Gasteiger partial charge in [-0.05, 0) is 17.7 Å². The SMILES string of the molecule is CN(C)C(=O)[C@H]1[C@@H](O)[C@@]2([OH2+])c3nn(C)cc3O[C@@]2(c2ccc(Br)cc2)[C@@H]1c1ccccc1. The van der Waals surface area contributed by atoms with E-state index in [2.05, 4.69) is 21.0 Å². The minimum Gasteiger partial charge on any atom is -0.469 e. The zero-order valence-corrected chi connectivity index (χ0v) is 19.6. The van der Waals surface area contributed by atoms with Crippen molar-refractivity contribution < 1.29 is 19.7 Å². The number of rotatable bonds is 3. The summed E-state index contributed by atoms with van der Waals surface area (Å²) >= 11 is 3.48. The Morgan fingerprint density at radius 3 is 2.47 bits per heavy atom. The van der Waals surface area contributed by atoms with Crippen LogP contribution in [0, 0.1) is 5.92 Å². The molecule has 3 N–H and O–H groups in total. The molecule has 7 nitrogen and oxygen atoms in total. The van der Waals surface area contributed by atoms with Gasteiger partial charge in [0.15, 0.2) is 17.5 Å². The summed E-state index contributed by atoms with van der Waals surface area (Å²) in [5.41, 5.74) is -1.12. The fourth-order valence-corrected chi connectivity index (χ4v) is 5.72. The molecule has 0 spiro atoms. The number of aromatic nitrogens is 2. The Morgan fingerprint density at radius 1 is 1.19 bits per heavy atom. The number of ether oxygens (including phenoxy) is 1. The van der Waals surface area contributed by atoms with E-state index >= 15 is 0 Å². The number of hydrogen-bond donors (Lipinski definition) is 1. The number of hydrogen-bond acceptors (Lipinski definition) is 4. The number of fused-ring (bicyclic) bond motifs is 3. The van der Waals surface area contributed by atoms with E-state index in [1.54, 1.807) is 32.0 Å². The van der Waals surface area contributed by atoms with Crippen LogP contribution in [0.15, 0.2) is 65.3 Å². The Bertz CT molecular complexity index is 1180. The minimum atomic E-state index is -1.69. The molecule has 32 heavy (non-hydrogen) atoms. The van der Waals surface area contributed by atoms with Gasteiger partial charge in [0.05, 0.1) is 18.0 Å². The van der Waals surface area contributed by atoms with E-state index < -0.39 is 29.1 Å². The van der Waals surface area contributed by atoms with E-state index in [9.17, 15) is 15.0 Å². The lowest BCUT2D eigenvalue weighted by atomic mass is 9.71. The Kier molecular flexibility index (Phi) is 4.74. The predicted molar refractivity (Wildman–Crippen MR) is 122 cm³/mol. The van der Waals surface area contributed by atoms with Gasteiger partial charge in [0.25, 0.3) is 5.60 Å². The lowest BCUT2D eigenvalue weighted by molar-refractivity contribution is -0.158. The number of carbonyl (C=O) groups is 1. The Labute approximate surface area is 194 Å². The monoisotopic (exact) mass is 498 g/mol. The van der Waals surface area contributed by atoms with Crippen LogP contribution in [0.2, 0.25) is 0 Å². The molecule has 0 radical (unpaired) electrons. The third kappa shape index (κ3) is 2.60. The molecule has 1 aliphatic heterocycles. The molecule has 1 aliphatic carbocycles. The molecule has 2 heterocycles. The van der Waals surface area contributed by atoms with Crippen LogP contribution >= 0.6 is 15.9 Å². The molecule has 1 fully saturated rings. The van der Waals surface area contributed by atoms with E-state index in [4.69, 9.17) is 4.74 Å². The van der Waals surface area contributed by atoms with Gasteiger partial charge in [-0.15, -0.1) is 0 Å². The number of aliphatic hydroxyl groups excluding tert-OH is 1. The molecular formula is C24H25BrN3O4+. The van der Waals surface area contributed by atoms with Gasteiger partial charge in [0, 0.05) is 31.2 Å². The summed E-state index contributed by atoms with van der Waals surface area (Å²) in [6.07, 6.45) is 0.393. The van der Waals surface area contributed by atoms with Gasteiger partial charge in [-0.3, -0.25) is 9.48 Å². The van der Waals surface area contributed by atoms with E-state index in [1.165, 1.54) is 4.90 Å². The summed E-state index contributed by atoms with van der Waals surface area (Å²) in [5, 5.41) is 26.0. The largest absolute Gasteiger partial charge is 0.469 e. The molecule has 5 atom stereocenters. The van der Waals surface area contributed by atoms with E-state index in [0.717, 1.165) is 15.6 Å². The molecular weight excluding hydrogens is 474 g/mol. The second kappa shape index (κ2) is 7.16. The normalized spacial score (nSPS) is 30.5. The highest BCUT2D eigenvalue weighted by Crippen LogP contribution is 2.68. The molecule has 1 aromatic heterocycles. The van der Waals surface area contributed by atoms with Crippen LogP contribution in [0.1, 0.15) is 22.7 Å². The van der Waals surface area contributed by atoms with E-state index in [1.807, 2.05) is 54.6 Å². The van der Waals surface area contributed by atoms with Gasteiger partial charge >= 0.3 is 0 Å². The van der Waals surface area contributed by atoms with Crippen molar-refractivity contribution in [2.75, 3.05) is 14.1 Å². The van der Waals surface area contributed by atoms with Crippen molar-refractivity contribution in [2.45, 2.75) is 23.2 Å². The van der Waals surface area contributed by atoms with Crippen molar-refractivity contribution >= 4 is 21.8 Å². The first-order valence-electron chi connectivity index (χ1n) is 10.4. The molecule has 8 heteroatoms. The average Bonchev–Trinajstić information content (AvgIpc) is 3.32. The molecule has 1 amide bonds.